The van der Waals surface area contributed by atoms with Gasteiger partial charge in [0.15, 0.2) is 4.67 Å². The molecule has 0 bridgehead atoms. The lowest BCUT2D eigenvalue weighted by molar-refractivity contribution is -0.143. The molecular formula is C13H18BrNO4. The van der Waals surface area contributed by atoms with Gasteiger partial charge in [0.2, 0.25) is 0 Å². The van der Waals surface area contributed by atoms with E-state index in [-0.39, 0.29) is 12.5 Å². The Bertz CT molecular complexity index is 415. The monoisotopic (exact) mass is 331 g/mol. The lowest BCUT2D eigenvalue weighted by Crippen LogP contribution is -2.42. The molecule has 106 valence electrons. The number of carbonyl (C=O) groups excluding carboxylic acids is 1. The molecule has 1 saturated heterocycles. The van der Waals surface area contributed by atoms with Gasteiger partial charge in [-0.25, -0.2) is 0 Å². The van der Waals surface area contributed by atoms with Gasteiger partial charge in [0.25, 0.3) is 0 Å². The molecule has 2 heterocycles. The second kappa shape index (κ2) is 7.07. The molecule has 5 nitrogen and oxygen atoms in total. The van der Waals surface area contributed by atoms with Gasteiger partial charge in [0.05, 0.1) is 20.2 Å². The molecule has 1 aliphatic heterocycles. The van der Waals surface area contributed by atoms with Crippen LogP contribution in [0.15, 0.2) is 21.2 Å². The number of carbonyl (C=O) groups is 1. The molecule has 0 N–H and O–H groups in total. The average molecular weight is 332 g/mol. The fraction of sp³-hybridized carbons (Fsp3) is 0.615. The molecule has 0 aromatic carbocycles. The van der Waals surface area contributed by atoms with Gasteiger partial charge in [0.1, 0.15) is 5.76 Å². The number of hydrogen-bond donors (Lipinski definition) is 0. The highest BCUT2D eigenvalue weighted by molar-refractivity contribution is 9.10. The number of nitrogens with zero attached hydrogens (tertiary/aromatic N) is 1. The first-order chi connectivity index (χ1) is 9.19. The quantitative estimate of drug-likeness (QED) is 0.774. The van der Waals surface area contributed by atoms with Crippen LogP contribution >= 0.6 is 15.9 Å². The van der Waals surface area contributed by atoms with E-state index in [1.807, 2.05) is 12.1 Å². The standard InChI is InChI=1S/C13H18BrNO4/c1-17-13(16)9-15(10-4-6-18-7-5-10)8-11-2-3-12(14)19-11/h2-3,10H,4-9H2,1H3. The zero-order chi connectivity index (χ0) is 13.7. The van der Waals surface area contributed by atoms with E-state index in [1.54, 1.807) is 0 Å². The van der Waals surface area contributed by atoms with Gasteiger partial charge in [-0.05, 0) is 40.9 Å². The number of halogens is 1. The molecule has 1 aromatic rings. The summed E-state index contributed by atoms with van der Waals surface area (Å²) in [6.45, 7) is 2.36. The summed E-state index contributed by atoms with van der Waals surface area (Å²) in [7, 11) is 1.41. The maximum Gasteiger partial charge on any atom is 0.319 e. The Balaban J connectivity index is 2.02. The van der Waals surface area contributed by atoms with Crippen molar-refractivity contribution in [3.8, 4) is 0 Å². The van der Waals surface area contributed by atoms with Crippen LogP contribution in [0.2, 0.25) is 0 Å². The van der Waals surface area contributed by atoms with Crippen LogP contribution in [0.25, 0.3) is 0 Å². The van der Waals surface area contributed by atoms with Crippen LogP contribution in [0, 0.1) is 0 Å². The number of ether oxygens (including phenoxy) is 2. The summed E-state index contributed by atoms with van der Waals surface area (Å²) in [5.74, 6) is 0.611. The number of rotatable bonds is 5. The lowest BCUT2D eigenvalue weighted by Gasteiger charge is -2.32. The highest BCUT2D eigenvalue weighted by Crippen LogP contribution is 2.20. The highest BCUT2D eigenvalue weighted by atomic mass is 79.9. The van der Waals surface area contributed by atoms with Crippen LogP contribution < -0.4 is 0 Å². The molecule has 0 unspecified atom stereocenters. The zero-order valence-electron chi connectivity index (χ0n) is 10.9. The van der Waals surface area contributed by atoms with Gasteiger partial charge in [-0.3, -0.25) is 9.69 Å². The predicted molar refractivity (Wildman–Crippen MR) is 72.7 cm³/mol. The van der Waals surface area contributed by atoms with E-state index in [0.717, 1.165) is 31.8 Å². The molecule has 19 heavy (non-hydrogen) atoms. The minimum Gasteiger partial charge on any atom is -0.468 e. The third kappa shape index (κ3) is 4.33. The fourth-order valence-corrected chi connectivity index (χ4v) is 2.57. The van der Waals surface area contributed by atoms with Crippen molar-refractivity contribution in [2.45, 2.75) is 25.4 Å². The highest BCUT2D eigenvalue weighted by Gasteiger charge is 2.24. The first kappa shape index (κ1) is 14.6. The molecule has 1 aromatic heterocycles. The van der Waals surface area contributed by atoms with Crippen molar-refractivity contribution in [2.24, 2.45) is 0 Å². The summed E-state index contributed by atoms with van der Waals surface area (Å²) < 4.78 is 16.3. The van der Waals surface area contributed by atoms with E-state index >= 15 is 0 Å². The van der Waals surface area contributed by atoms with Crippen molar-refractivity contribution >= 4 is 21.9 Å². The van der Waals surface area contributed by atoms with Crippen molar-refractivity contribution in [3.63, 3.8) is 0 Å². The van der Waals surface area contributed by atoms with E-state index in [4.69, 9.17) is 13.9 Å². The molecule has 1 aliphatic rings. The van der Waals surface area contributed by atoms with Gasteiger partial charge in [-0.1, -0.05) is 0 Å². The zero-order valence-corrected chi connectivity index (χ0v) is 12.5. The van der Waals surface area contributed by atoms with Crippen LogP contribution in [-0.2, 0) is 20.8 Å². The summed E-state index contributed by atoms with van der Waals surface area (Å²) in [6, 6.07) is 4.10. The van der Waals surface area contributed by atoms with Crippen LogP contribution in [-0.4, -0.2) is 43.8 Å². The first-order valence-electron chi connectivity index (χ1n) is 6.32. The summed E-state index contributed by atoms with van der Waals surface area (Å²) in [5.41, 5.74) is 0. The molecule has 1 fully saturated rings. The number of methoxy groups -OCH3 is 1. The lowest BCUT2D eigenvalue weighted by atomic mass is 10.1. The minimum atomic E-state index is -0.225. The summed E-state index contributed by atoms with van der Waals surface area (Å²) in [6.07, 6.45) is 1.86. The van der Waals surface area contributed by atoms with Crippen LogP contribution in [0.3, 0.4) is 0 Å². The minimum absolute atomic E-state index is 0.225. The Hall–Kier alpha value is -0.850. The summed E-state index contributed by atoms with van der Waals surface area (Å²) in [5, 5.41) is 0. The molecule has 0 spiro atoms. The molecule has 0 saturated carbocycles. The van der Waals surface area contributed by atoms with Crippen molar-refractivity contribution < 1.29 is 18.7 Å². The van der Waals surface area contributed by atoms with Crippen molar-refractivity contribution in [3.05, 3.63) is 22.6 Å². The fourth-order valence-electron chi connectivity index (χ4n) is 2.23. The maximum atomic E-state index is 11.5. The van der Waals surface area contributed by atoms with Crippen molar-refractivity contribution in [2.75, 3.05) is 26.9 Å². The van der Waals surface area contributed by atoms with Crippen molar-refractivity contribution in [1.82, 2.24) is 4.90 Å². The van der Waals surface area contributed by atoms with E-state index in [2.05, 4.69) is 20.8 Å². The van der Waals surface area contributed by atoms with E-state index in [0.29, 0.717) is 17.3 Å². The molecule has 0 atom stereocenters. The average Bonchev–Trinajstić information content (AvgIpc) is 2.84. The third-order valence-corrected chi connectivity index (χ3v) is 3.68. The van der Waals surface area contributed by atoms with Gasteiger partial charge >= 0.3 is 5.97 Å². The Morgan fingerprint density at radius 3 is 2.79 bits per heavy atom. The first-order valence-corrected chi connectivity index (χ1v) is 7.11. The molecule has 0 radical (unpaired) electrons. The third-order valence-electron chi connectivity index (χ3n) is 3.25. The van der Waals surface area contributed by atoms with Gasteiger partial charge in [0, 0.05) is 19.3 Å². The smallest absolute Gasteiger partial charge is 0.319 e. The number of esters is 1. The second-order valence-corrected chi connectivity index (χ2v) is 5.31. The number of furan rings is 1. The van der Waals surface area contributed by atoms with Gasteiger partial charge < -0.3 is 13.9 Å². The summed E-state index contributed by atoms with van der Waals surface area (Å²) in [4.78, 5) is 13.6. The molecule has 2 rings (SSSR count). The molecule has 0 amide bonds. The molecular weight excluding hydrogens is 314 g/mol. The summed E-state index contributed by atoms with van der Waals surface area (Å²) >= 11 is 3.29. The second-order valence-electron chi connectivity index (χ2n) is 4.53. The van der Waals surface area contributed by atoms with E-state index < -0.39 is 0 Å². The van der Waals surface area contributed by atoms with Crippen LogP contribution in [0.5, 0.6) is 0 Å². The Morgan fingerprint density at radius 2 is 2.21 bits per heavy atom. The molecule has 0 aliphatic carbocycles. The van der Waals surface area contributed by atoms with E-state index in [1.165, 1.54) is 7.11 Å². The molecule has 6 heteroatoms. The normalized spacial score (nSPS) is 16.8. The van der Waals surface area contributed by atoms with Gasteiger partial charge in [-0.15, -0.1) is 0 Å². The van der Waals surface area contributed by atoms with Crippen molar-refractivity contribution in [1.29, 1.82) is 0 Å². The Kier molecular flexibility index (Phi) is 5.42. The predicted octanol–water partition coefficient (Wildman–Crippen LogP) is 2.20. The van der Waals surface area contributed by atoms with Crippen LogP contribution in [0.1, 0.15) is 18.6 Å². The number of hydrogen-bond acceptors (Lipinski definition) is 5. The largest absolute Gasteiger partial charge is 0.468 e. The SMILES string of the molecule is COC(=O)CN(Cc1ccc(Br)o1)C1CCOCC1. The van der Waals surface area contributed by atoms with Gasteiger partial charge in [-0.2, -0.15) is 0 Å². The Labute approximate surface area is 121 Å². The van der Waals surface area contributed by atoms with E-state index in [9.17, 15) is 4.79 Å². The Morgan fingerprint density at radius 1 is 1.47 bits per heavy atom. The maximum absolute atomic E-state index is 11.5. The topological polar surface area (TPSA) is 51.9 Å². The van der Waals surface area contributed by atoms with Crippen LogP contribution in [0.4, 0.5) is 0 Å².